The summed E-state index contributed by atoms with van der Waals surface area (Å²) in [5, 5.41) is 1.03. The number of pyridine rings is 2. The zero-order chi connectivity index (χ0) is 23.2. The first-order valence-corrected chi connectivity index (χ1v) is 11.7. The number of fused-ring (bicyclic) bond motifs is 3. The van der Waals surface area contributed by atoms with Crippen LogP contribution >= 0.6 is 0 Å². The zero-order valence-corrected chi connectivity index (χ0v) is 20.0. The third-order valence-corrected chi connectivity index (χ3v) is 6.96. The number of nitrogens with zero attached hydrogens (tertiary/aromatic N) is 2. The monoisotopic (exact) mass is 434 g/mol. The maximum atomic E-state index is 6.11. The molecule has 2 aromatic carbocycles. The highest BCUT2D eigenvalue weighted by Gasteiger charge is 2.22. The van der Waals surface area contributed by atoms with E-state index in [1.807, 2.05) is 24.4 Å². The van der Waals surface area contributed by atoms with Crippen molar-refractivity contribution in [3.8, 4) is 11.3 Å². The average Bonchev–Trinajstić information content (AvgIpc) is 3.20. The number of aromatic nitrogens is 2. The number of rotatable bonds is 4. The summed E-state index contributed by atoms with van der Waals surface area (Å²) in [5.74, 6) is 0.641. The molecule has 2 unspecified atom stereocenters. The molecule has 3 heteroatoms. The van der Waals surface area contributed by atoms with Gasteiger partial charge in [-0.25, -0.2) is 4.98 Å². The SMILES string of the molecule is CC(c1ccccc1)c1ccc2oc3ccc(-c4cc(C(C)C(C)(C)C)ccn4)cc3c2n1. The van der Waals surface area contributed by atoms with E-state index in [2.05, 4.69) is 94.2 Å². The summed E-state index contributed by atoms with van der Waals surface area (Å²) in [6.45, 7) is 11.3. The first kappa shape index (κ1) is 21.4. The summed E-state index contributed by atoms with van der Waals surface area (Å²) >= 11 is 0. The Kier molecular flexibility index (Phi) is 5.28. The highest BCUT2D eigenvalue weighted by Crippen LogP contribution is 2.37. The van der Waals surface area contributed by atoms with Gasteiger partial charge in [-0.15, -0.1) is 0 Å². The molecule has 0 saturated carbocycles. The summed E-state index contributed by atoms with van der Waals surface area (Å²) in [5.41, 5.74) is 8.43. The molecule has 0 aliphatic heterocycles. The van der Waals surface area contributed by atoms with E-state index in [0.29, 0.717) is 5.92 Å². The lowest BCUT2D eigenvalue weighted by Gasteiger charge is -2.27. The van der Waals surface area contributed by atoms with Crippen molar-refractivity contribution in [3.05, 3.63) is 95.8 Å². The fourth-order valence-electron chi connectivity index (χ4n) is 4.35. The van der Waals surface area contributed by atoms with Gasteiger partial charge in [-0.3, -0.25) is 4.98 Å². The van der Waals surface area contributed by atoms with Gasteiger partial charge in [-0.05, 0) is 64.9 Å². The van der Waals surface area contributed by atoms with Gasteiger partial charge in [0.2, 0.25) is 0 Å². The van der Waals surface area contributed by atoms with Crippen molar-refractivity contribution in [2.75, 3.05) is 0 Å². The quantitative estimate of drug-likeness (QED) is 0.285. The molecule has 2 atom stereocenters. The molecule has 0 aliphatic rings. The van der Waals surface area contributed by atoms with Gasteiger partial charge in [0.1, 0.15) is 11.1 Å². The molecule has 5 aromatic rings. The van der Waals surface area contributed by atoms with Crippen LogP contribution in [0, 0.1) is 5.41 Å². The van der Waals surface area contributed by atoms with Crippen molar-refractivity contribution in [1.29, 1.82) is 0 Å². The van der Waals surface area contributed by atoms with Gasteiger partial charge < -0.3 is 4.42 Å². The molecule has 5 rings (SSSR count). The summed E-state index contributed by atoms with van der Waals surface area (Å²) in [6.07, 6.45) is 1.92. The van der Waals surface area contributed by atoms with Gasteiger partial charge in [-0.1, -0.05) is 65.0 Å². The fraction of sp³-hybridized carbons (Fsp3) is 0.267. The molecule has 3 heterocycles. The van der Waals surface area contributed by atoms with Crippen LogP contribution in [0.1, 0.15) is 63.3 Å². The van der Waals surface area contributed by atoms with Gasteiger partial charge in [0.25, 0.3) is 0 Å². The Morgan fingerprint density at radius 1 is 0.788 bits per heavy atom. The molecule has 0 fully saturated rings. The van der Waals surface area contributed by atoms with Crippen LogP contribution in [0.25, 0.3) is 33.3 Å². The van der Waals surface area contributed by atoms with E-state index in [-0.39, 0.29) is 11.3 Å². The average molecular weight is 435 g/mol. The number of hydrogen-bond donors (Lipinski definition) is 0. The molecular weight excluding hydrogens is 404 g/mol. The van der Waals surface area contributed by atoms with Crippen molar-refractivity contribution in [2.24, 2.45) is 5.41 Å². The predicted octanol–water partition coefficient (Wildman–Crippen LogP) is 8.34. The smallest absolute Gasteiger partial charge is 0.153 e. The Balaban J connectivity index is 1.58. The molecule has 0 radical (unpaired) electrons. The van der Waals surface area contributed by atoms with Gasteiger partial charge in [0, 0.05) is 28.8 Å². The topological polar surface area (TPSA) is 38.9 Å². The molecule has 0 spiro atoms. The second kappa shape index (κ2) is 8.15. The molecule has 0 bridgehead atoms. The molecule has 0 aliphatic carbocycles. The Labute approximate surface area is 195 Å². The van der Waals surface area contributed by atoms with Crippen LogP contribution in [0.5, 0.6) is 0 Å². The van der Waals surface area contributed by atoms with Crippen LogP contribution in [0.15, 0.2) is 83.4 Å². The normalized spacial score (nSPS) is 14.0. The van der Waals surface area contributed by atoms with Gasteiger partial charge >= 0.3 is 0 Å². The second-order valence-corrected chi connectivity index (χ2v) is 10.1. The molecule has 166 valence electrons. The largest absolute Gasteiger partial charge is 0.454 e. The van der Waals surface area contributed by atoms with Gasteiger partial charge in [-0.2, -0.15) is 0 Å². The molecule has 0 amide bonds. The maximum absolute atomic E-state index is 6.11. The van der Waals surface area contributed by atoms with Crippen molar-refractivity contribution in [3.63, 3.8) is 0 Å². The van der Waals surface area contributed by atoms with E-state index in [1.165, 1.54) is 11.1 Å². The first-order chi connectivity index (χ1) is 15.8. The summed E-state index contributed by atoms with van der Waals surface area (Å²) < 4.78 is 6.11. The molecule has 3 aromatic heterocycles. The summed E-state index contributed by atoms with van der Waals surface area (Å²) in [7, 11) is 0. The fourth-order valence-corrected chi connectivity index (χ4v) is 4.35. The molecule has 0 N–H and O–H groups in total. The van der Waals surface area contributed by atoms with Crippen molar-refractivity contribution < 1.29 is 4.42 Å². The Morgan fingerprint density at radius 3 is 2.30 bits per heavy atom. The van der Waals surface area contributed by atoms with E-state index < -0.39 is 0 Å². The Morgan fingerprint density at radius 2 is 1.55 bits per heavy atom. The standard InChI is InChI=1S/C30H30N2O/c1-19(21-9-7-6-8-10-21)25-12-14-28-29(32-25)24-17-23(11-13-27(24)33-28)26-18-22(15-16-31-26)20(2)30(3,4)5/h6-20H,1-5H3. The number of benzene rings is 2. The van der Waals surface area contributed by atoms with Crippen molar-refractivity contribution >= 4 is 22.1 Å². The van der Waals surface area contributed by atoms with E-state index in [9.17, 15) is 0 Å². The first-order valence-electron chi connectivity index (χ1n) is 11.7. The lowest BCUT2D eigenvalue weighted by Crippen LogP contribution is -2.15. The minimum atomic E-state index is 0.194. The van der Waals surface area contributed by atoms with E-state index in [4.69, 9.17) is 9.40 Å². The van der Waals surface area contributed by atoms with Gasteiger partial charge in [0.05, 0.1) is 5.69 Å². The van der Waals surface area contributed by atoms with E-state index in [0.717, 1.165) is 39.0 Å². The second-order valence-electron chi connectivity index (χ2n) is 10.1. The highest BCUT2D eigenvalue weighted by molar-refractivity contribution is 6.03. The molecule has 0 saturated heterocycles. The Hall–Kier alpha value is -3.46. The van der Waals surface area contributed by atoms with Crippen molar-refractivity contribution in [1.82, 2.24) is 9.97 Å². The summed E-state index contributed by atoms with van der Waals surface area (Å²) in [4.78, 5) is 9.72. The van der Waals surface area contributed by atoms with Crippen LogP contribution in [-0.4, -0.2) is 9.97 Å². The number of hydrogen-bond acceptors (Lipinski definition) is 3. The molecular formula is C30H30N2O. The predicted molar refractivity (Wildman–Crippen MR) is 137 cm³/mol. The van der Waals surface area contributed by atoms with Crippen LogP contribution < -0.4 is 0 Å². The van der Waals surface area contributed by atoms with Crippen LogP contribution in [-0.2, 0) is 0 Å². The lowest BCUT2D eigenvalue weighted by molar-refractivity contribution is 0.339. The minimum absolute atomic E-state index is 0.194. The summed E-state index contributed by atoms with van der Waals surface area (Å²) in [6, 6.07) is 25.3. The van der Waals surface area contributed by atoms with Crippen LogP contribution in [0.4, 0.5) is 0 Å². The lowest BCUT2D eigenvalue weighted by atomic mass is 9.78. The highest BCUT2D eigenvalue weighted by atomic mass is 16.3. The van der Waals surface area contributed by atoms with Crippen LogP contribution in [0.2, 0.25) is 0 Å². The zero-order valence-electron chi connectivity index (χ0n) is 20.0. The maximum Gasteiger partial charge on any atom is 0.153 e. The Bertz CT molecular complexity index is 1430. The molecule has 33 heavy (non-hydrogen) atoms. The van der Waals surface area contributed by atoms with E-state index in [1.54, 1.807) is 0 Å². The third kappa shape index (κ3) is 4.04. The van der Waals surface area contributed by atoms with Crippen LogP contribution in [0.3, 0.4) is 0 Å². The van der Waals surface area contributed by atoms with E-state index >= 15 is 0 Å². The third-order valence-electron chi connectivity index (χ3n) is 6.96. The molecule has 3 nitrogen and oxygen atoms in total. The number of furan rings is 1. The van der Waals surface area contributed by atoms with Crippen molar-refractivity contribution in [2.45, 2.75) is 46.5 Å². The van der Waals surface area contributed by atoms with Gasteiger partial charge in [0.15, 0.2) is 5.58 Å². The minimum Gasteiger partial charge on any atom is -0.454 e.